The number of piperazine rings is 1. The zero-order valence-corrected chi connectivity index (χ0v) is 20.7. The Bertz CT molecular complexity index is 1130. The molecular formula is C29H35FN4O. The lowest BCUT2D eigenvalue weighted by atomic mass is 10.00. The molecule has 0 aliphatic carbocycles. The van der Waals surface area contributed by atoms with Crippen LogP contribution in [0.25, 0.3) is 0 Å². The standard InChI is InChI=1S/C29H35FN4O/c1-3-33(4-2)29(35)24-13-11-22(12-14-24)20-34-16-15-32(19-23-7-5-9-26(30)17-23)21-28(34)25-8-6-10-27(31)18-25/h5-14,17-18,28H,3-4,15-16,19-21,31H2,1-2H3/t28-/m0/s1. The lowest BCUT2D eigenvalue weighted by Crippen LogP contribution is -2.47. The van der Waals surface area contributed by atoms with E-state index in [0.29, 0.717) is 19.6 Å². The first-order chi connectivity index (χ1) is 17.0. The van der Waals surface area contributed by atoms with E-state index >= 15 is 0 Å². The van der Waals surface area contributed by atoms with Crippen LogP contribution in [0.4, 0.5) is 10.1 Å². The molecule has 2 N–H and O–H groups in total. The Hall–Kier alpha value is -3.22. The number of amides is 1. The van der Waals surface area contributed by atoms with Crippen molar-refractivity contribution in [3.63, 3.8) is 0 Å². The van der Waals surface area contributed by atoms with E-state index in [2.05, 4.69) is 34.1 Å². The Morgan fingerprint density at radius 2 is 1.69 bits per heavy atom. The van der Waals surface area contributed by atoms with Crippen LogP contribution in [0.1, 0.15) is 46.9 Å². The van der Waals surface area contributed by atoms with Gasteiger partial charge in [0.25, 0.3) is 5.91 Å². The molecule has 1 heterocycles. The van der Waals surface area contributed by atoms with Crippen molar-refractivity contribution in [1.82, 2.24) is 14.7 Å². The minimum absolute atomic E-state index is 0.0742. The molecule has 6 heteroatoms. The first-order valence-electron chi connectivity index (χ1n) is 12.4. The number of rotatable bonds is 8. The molecule has 1 aliphatic rings. The van der Waals surface area contributed by atoms with E-state index in [0.717, 1.165) is 43.0 Å². The van der Waals surface area contributed by atoms with E-state index in [-0.39, 0.29) is 17.8 Å². The second-order valence-corrected chi connectivity index (χ2v) is 9.20. The highest BCUT2D eigenvalue weighted by molar-refractivity contribution is 5.94. The van der Waals surface area contributed by atoms with Crippen molar-refractivity contribution >= 4 is 11.6 Å². The summed E-state index contributed by atoms with van der Waals surface area (Å²) in [6.45, 7) is 9.53. The molecule has 0 bridgehead atoms. The summed E-state index contributed by atoms with van der Waals surface area (Å²) in [6, 6.07) is 23.1. The largest absolute Gasteiger partial charge is 0.399 e. The predicted octanol–water partition coefficient (Wildman–Crippen LogP) is 4.95. The van der Waals surface area contributed by atoms with E-state index in [1.165, 1.54) is 17.2 Å². The lowest BCUT2D eigenvalue weighted by molar-refractivity contribution is 0.0635. The maximum atomic E-state index is 13.7. The summed E-state index contributed by atoms with van der Waals surface area (Å²) in [6.07, 6.45) is 0. The maximum absolute atomic E-state index is 13.7. The number of benzene rings is 3. The average molecular weight is 475 g/mol. The molecule has 1 fully saturated rings. The van der Waals surface area contributed by atoms with Gasteiger partial charge in [-0.05, 0) is 66.9 Å². The fraction of sp³-hybridized carbons (Fsp3) is 0.345. The van der Waals surface area contributed by atoms with Crippen molar-refractivity contribution in [3.8, 4) is 0 Å². The van der Waals surface area contributed by atoms with Gasteiger partial charge in [-0.2, -0.15) is 0 Å². The maximum Gasteiger partial charge on any atom is 0.253 e. The minimum atomic E-state index is -0.198. The van der Waals surface area contributed by atoms with Crippen molar-refractivity contribution in [2.24, 2.45) is 0 Å². The molecule has 184 valence electrons. The van der Waals surface area contributed by atoms with E-state index in [9.17, 15) is 9.18 Å². The number of hydrogen-bond acceptors (Lipinski definition) is 4. The van der Waals surface area contributed by atoms with Crippen molar-refractivity contribution in [2.45, 2.75) is 33.0 Å². The molecule has 3 aromatic carbocycles. The van der Waals surface area contributed by atoms with Crippen LogP contribution in [-0.2, 0) is 13.1 Å². The molecule has 1 aliphatic heterocycles. The van der Waals surface area contributed by atoms with Crippen molar-refractivity contribution in [3.05, 3.63) is 101 Å². The van der Waals surface area contributed by atoms with E-state index in [1.807, 2.05) is 49.1 Å². The SMILES string of the molecule is CCN(CC)C(=O)c1ccc(CN2CCN(Cc3cccc(F)c3)C[C@H]2c2cccc(N)c2)cc1. The number of carbonyl (C=O) groups excluding carboxylic acids is 1. The third-order valence-corrected chi connectivity index (χ3v) is 6.80. The minimum Gasteiger partial charge on any atom is -0.399 e. The van der Waals surface area contributed by atoms with Gasteiger partial charge in [-0.1, -0.05) is 36.4 Å². The Morgan fingerprint density at radius 3 is 2.37 bits per heavy atom. The van der Waals surface area contributed by atoms with Gasteiger partial charge in [0.1, 0.15) is 5.82 Å². The predicted molar refractivity (Wildman–Crippen MR) is 139 cm³/mol. The Labute approximate surface area is 208 Å². The number of hydrogen-bond donors (Lipinski definition) is 1. The van der Waals surface area contributed by atoms with Gasteiger partial charge in [0, 0.05) is 63.1 Å². The quantitative estimate of drug-likeness (QED) is 0.470. The van der Waals surface area contributed by atoms with Crippen molar-refractivity contribution in [1.29, 1.82) is 0 Å². The summed E-state index contributed by atoms with van der Waals surface area (Å²) in [5.41, 5.74) is 10.9. The zero-order chi connectivity index (χ0) is 24.8. The van der Waals surface area contributed by atoms with Crippen LogP contribution in [0.3, 0.4) is 0 Å². The Kier molecular flexibility index (Phi) is 8.16. The molecule has 0 aromatic heterocycles. The van der Waals surface area contributed by atoms with Gasteiger partial charge < -0.3 is 10.6 Å². The normalized spacial score (nSPS) is 16.8. The molecule has 35 heavy (non-hydrogen) atoms. The summed E-state index contributed by atoms with van der Waals surface area (Å²) < 4.78 is 13.7. The van der Waals surface area contributed by atoms with Crippen LogP contribution in [0.15, 0.2) is 72.8 Å². The lowest BCUT2D eigenvalue weighted by Gasteiger charge is -2.42. The van der Waals surface area contributed by atoms with Gasteiger partial charge >= 0.3 is 0 Å². The first-order valence-corrected chi connectivity index (χ1v) is 12.4. The third-order valence-electron chi connectivity index (χ3n) is 6.80. The summed E-state index contributed by atoms with van der Waals surface area (Å²) >= 11 is 0. The van der Waals surface area contributed by atoms with Crippen LogP contribution in [0.2, 0.25) is 0 Å². The number of nitrogen functional groups attached to an aromatic ring is 1. The molecule has 1 atom stereocenters. The number of halogens is 1. The molecule has 1 amide bonds. The fourth-order valence-electron chi connectivity index (χ4n) is 4.87. The second-order valence-electron chi connectivity index (χ2n) is 9.20. The molecule has 0 unspecified atom stereocenters. The van der Waals surface area contributed by atoms with Crippen LogP contribution in [0.5, 0.6) is 0 Å². The molecule has 1 saturated heterocycles. The number of anilines is 1. The number of nitrogens with zero attached hydrogens (tertiary/aromatic N) is 3. The van der Waals surface area contributed by atoms with Gasteiger partial charge in [0.15, 0.2) is 0 Å². The Morgan fingerprint density at radius 1 is 0.943 bits per heavy atom. The highest BCUT2D eigenvalue weighted by Crippen LogP contribution is 2.29. The van der Waals surface area contributed by atoms with Crippen LogP contribution < -0.4 is 5.73 Å². The van der Waals surface area contributed by atoms with E-state index in [4.69, 9.17) is 5.73 Å². The van der Waals surface area contributed by atoms with Gasteiger partial charge in [0.05, 0.1) is 0 Å². The van der Waals surface area contributed by atoms with Crippen LogP contribution in [0, 0.1) is 5.82 Å². The van der Waals surface area contributed by atoms with E-state index < -0.39 is 0 Å². The topological polar surface area (TPSA) is 52.8 Å². The van der Waals surface area contributed by atoms with E-state index in [1.54, 1.807) is 12.1 Å². The smallest absolute Gasteiger partial charge is 0.253 e. The summed E-state index contributed by atoms with van der Waals surface area (Å²) in [5, 5.41) is 0. The second kappa shape index (κ2) is 11.5. The first kappa shape index (κ1) is 24.9. The molecule has 0 spiro atoms. The van der Waals surface area contributed by atoms with Gasteiger partial charge in [-0.25, -0.2) is 4.39 Å². The monoisotopic (exact) mass is 474 g/mol. The van der Waals surface area contributed by atoms with Gasteiger partial charge in [-0.15, -0.1) is 0 Å². The zero-order valence-electron chi connectivity index (χ0n) is 20.7. The van der Waals surface area contributed by atoms with Crippen molar-refractivity contribution < 1.29 is 9.18 Å². The Balaban J connectivity index is 1.50. The highest BCUT2D eigenvalue weighted by atomic mass is 19.1. The third kappa shape index (κ3) is 6.27. The fourth-order valence-corrected chi connectivity index (χ4v) is 4.87. The molecule has 5 nitrogen and oxygen atoms in total. The molecule has 0 saturated carbocycles. The highest BCUT2D eigenvalue weighted by Gasteiger charge is 2.28. The average Bonchev–Trinajstić information content (AvgIpc) is 2.86. The van der Waals surface area contributed by atoms with Crippen molar-refractivity contribution in [2.75, 3.05) is 38.5 Å². The van der Waals surface area contributed by atoms with Crippen LogP contribution >= 0.6 is 0 Å². The summed E-state index contributed by atoms with van der Waals surface area (Å²) in [4.78, 5) is 19.3. The van der Waals surface area contributed by atoms with Crippen LogP contribution in [-0.4, -0.2) is 53.3 Å². The molecule has 3 aromatic rings. The molecule has 4 rings (SSSR count). The van der Waals surface area contributed by atoms with Gasteiger partial charge in [0.2, 0.25) is 0 Å². The molecular weight excluding hydrogens is 439 g/mol. The van der Waals surface area contributed by atoms with Gasteiger partial charge in [-0.3, -0.25) is 14.6 Å². The summed E-state index contributed by atoms with van der Waals surface area (Å²) in [7, 11) is 0. The number of carbonyl (C=O) groups is 1. The molecule has 0 radical (unpaired) electrons. The number of nitrogens with two attached hydrogens (primary N) is 1. The summed E-state index contributed by atoms with van der Waals surface area (Å²) in [5.74, 6) is -0.124.